The molecule has 8 nitrogen and oxygen atoms in total. The lowest BCUT2D eigenvalue weighted by atomic mass is 10.2. The van der Waals surface area contributed by atoms with E-state index in [-0.39, 0.29) is 13.2 Å². The Hall–Kier alpha value is -3.03. The minimum atomic E-state index is -0.571. The largest absolute Gasteiger partial charge is 0.445 e. The van der Waals surface area contributed by atoms with Gasteiger partial charge in [0.1, 0.15) is 12.2 Å². The van der Waals surface area contributed by atoms with E-state index in [9.17, 15) is 9.59 Å². The van der Waals surface area contributed by atoms with Gasteiger partial charge in [0, 0.05) is 32.0 Å². The number of carbonyl (C=O) groups excluding carboxylic acids is 2. The van der Waals surface area contributed by atoms with E-state index in [0.717, 1.165) is 5.56 Å². The highest BCUT2D eigenvalue weighted by Crippen LogP contribution is 2.07. The molecule has 0 saturated heterocycles. The topological polar surface area (TPSA) is 85.7 Å². The van der Waals surface area contributed by atoms with E-state index in [4.69, 9.17) is 9.47 Å². The average molecular weight is 388 g/mol. The molecule has 0 radical (unpaired) electrons. The van der Waals surface area contributed by atoms with Crippen LogP contribution in [0.3, 0.4) is 0 Å². The summed E-state index contributed by atoms with van der Waals surface area (Å²) < 4.78 is 12.4. The Labute approximate surface area is 165 Å². The molecule has 0 saturated carbocycles. The molecule has 0 aliphatic rings. The smallest absolute Gasteiger partial charge is 0.410 e. The number of alkyl carbamates (subject to hydrolysis) is 1. The fourth-order valence-corrected chi connectivity index (χ4v) is 2.37. The number of hydrogen-bond acceptors (Lipinski definition) is 5. The second-order valence-corrected chi connectivity index (χ2v) is 7.23. The Bertz CT molecular complexity index is 726. The van der Waals surface area contributed by atoms with Crippen molar-refractivity contribution in [2.75, 3.05) is 19.6 Å². The lowest BCUT2D eigenvalue weighted by Crippen LogP contribution is -2.41. The maximum atomic E-state index is 12.5. The summed E-state index contributed by atoms with van der Waals surface area (Å²) in [5.41, 5.74) is 0.341. The maximum absolute atomic E-state index is 12.5. The van der Waals surface area contributed by atoms with Gasteiger partial charge in [-0.05, 0) is 32.4 Å². The Morgan fingerprint density at radius 1 is 1.14 bits per heavy atom. The number of nitrogens with zero attached hydrogens (tertiary/aromatic N) is 3. The lowest BCUT2D eigenvalue weighted by Gasteiger charge is -2.23. The summed E-state index contributed by atoms with van der Waals surface area (Å²) in [6.07, 6.45) is 2.55. The highest BCUT2D eigenvalue weighted by Gasteiger charge is 2.18. The first kappa shape index (κ1) is 21.3. The molecule has 0 bridgehead atoms. The van der Waals surface area contributed by atoms with Crippen LogP contribution >= 0.6 is 0 Å². The zero-order chi connectivity index (χ0) is 20.4. The fraction of sp³-hybridized carbons (Fsp3) is 0.450. The number of aromatic nitrogens is 2. The van der Waals surface area contributed by atoms with Gasteiger partial charge in [-0.15, -0.1) is 0 Å². The summed E-state index contributed by atoms with van der Waals surface area (Å²) in [4.78, 5) is 25.8. The van der Waals surface area contributed by atoms with E-state index >= 15 is 0 Å². The van der Waals surface area contributed by atoms with Gasteiger partial charge in [0.15, 0.2) is 0 Å². The van der Waals surface area contributed by atoms with E-state index in [2.05, 4.69) is 10.4 Å². The minimum Gasteiger partial charge on any atom is -0.445 e. The van der Waals surface area contributed by atoms with Crippen LogP contribution < -0.4 is 5.32 Å². The van der Waals surface area contributed by atoms with Crippen molar-refractivity contribution >= 4 is 12.2 Å². The van der Waals surface area contributed by atoms with Gasteiger partial charge in [0.25, 0.3) is 0 Å². The molecule has 1 aromatic heterocycles. The van der Waals surface area contributed by atoms with Gasteiger partial charge in [-0.1, -0.05) is 30.3 Å². The van der Waals surface area contributed by atoms with Gasteiger partial charge in [-0.2, -0.15) is 5.10 Å². The Kier molecular flexibility index (Phi) is 7.86. The molecule has 2 aromatic rings. The molecule has 0 spiro atoms. The molecule has 1 heterocycles. The van der Waals surface area contributed by atoms with Gasteiger partial charge in [-0.25, -0.2) is 9.59 Å². The molecule has 0 atom stereocenters. The van der Waals surface area contributed by atoms with E-state index in [1.165, 1.54) is 0 Å². The number of ether oxygens (including phenoxy) is 2. The van der Waals surface area contributed by atoms with Crippen molar-refractivity contribution in [1.29, 1.82) is 0 Å². The SMILES string of the molecule is CC(C)(C)OC(=O)NCCN(CCn1cccn1)C(=O)OCc1ccccc1. The van der Waals surface area contributed by atoms with E-state index in [1.807, 2.05) is 42.6 Å². The zero-order valence-electron chi connectivity index (χ0n) is 16.6. The van der Waals surface area contributed by atoms with E-state index in [1.54, 1.807) is 36.5 Å². The molecule has 8 heteroatoms. The quantitative estimate of drug-likeness (QED) is 0.751. The van der Waals surface area contributed by atoms with E-state index < -0.39 is 17.8 Å². The molecular formula is C20H28N4O4. The molecule has 1 aromatic carbocycles. The summed E-state index contributed by atoms with van der Waals surface area (Å²) in [5.74, 6) is 0. The van der Waals surface area contributed by atoms with Crippen LogP contribution in [0.5, 0.6) is 0 Å². The van der Waals surface area contributed by atoms with Gasteiger partial charge < -0.3 is 19.7 Å². The Balaban J connectivity index is 1.86. The molecule has 0 fully saturated rings. The van der Waals surface area contributed by atoms with Crippen molar-refractivity contribution in [2.45, 2.75) is 39.5 Å². The highest BCUT2D eigenvalue weighted by molar-refractivity contribution is 5.69. The summed E-state index contributed by atoms with van der Waals surface area (Å²) in [6.45, 7) is 7.07. The van der Waals surface area contributed by atoms with Crippen LogP contribution in [-0.4, -0.2) is 52.1 Å². The number of rotatable bonds is 8. The molecule has 28 heavy (non-hydrogen) atoms. The predicted octanol–water partition coefficient (Wildman–Crippen LogP) is 3.05. The second-order valence-electron chi connectivity index (χ2n) is 7.23. The van der Waals surface area contributed by atoms with Crippen molar-refractivity contribution < 1.29 is 19.1 Å². The van der Waals surface area contributed by atoms with Crippen LogP contribution in [0, 0.1) is 0 Å². The van der Waals surface area contributed by atoms with Crippen LogP contribution in [0.15, 0.2) is 48.8 Å². The molecule has 0 aliphatic heterocycles. The average Bonchev–Trinajstić information content (AvgIpc) is 3.15. The van der Waals surface area contributed by atoms with Crippen LogP contribution in [0.4, 0.5) is 9.59 Å². The summed E-state index contributed by atoms with van der Waals surface area (Å²) in [6, 6.07) is 11.3. The predicted molar refractivity (Wildman–Crippen MR) is 105 cm³/mol. The van der Waals surface area contributed by atoms with Crippen molar-refractivity contribution in [3.63, 3.8) is 0 Å². The maximum Gasteiger partial charge on any atom is 0.410 e. The first-order valence-electron chi connectivity index (χ1n) is 9.23. The van der Waals surface area contributed by atoms with Crippen LogP contribution in [-0.2, 0) is 22.6 Å². The van der Waals surface area contributed by atoms with Crippen molar-refractivity contribution in [3.8, 4) is 0 Å². The molecule has 0 aliphatic carbocycles. The number of hydrogen-bond donors (Lipinski definition) is 1. The second kappa shape index (κ2) is 10.3. The van der Waals surface area contributed by atoms with Crippen LogP contribution in [0.2, 0.25) is 0 Å². The van der Waals surface area contributed by atoms with Crippen LogP contribution in [0.1, 0.15) is 26.3 Å². The molecule has 2 amide bonds. The number of amides is 2. The third kappa shape index (κ3) is 8.11. The summed E-state index contributed by atoms with van der Waals surface area (Å²) in [5, 5.41) is 6.80. The first-order valence-corrected chi connectivity index (χ1v) is 9.23. The Morgan fingerprint density at radius 3 is 2.54 bits per heavy atom. The van der Waals surface area contributed by atoms with Gasteiger partial charge in [0.05, 0.1) is 6.54 Å². The normalized spacial score (nSPS) is 11.0. The highest BCUT2D eigenvalue weighted by atomic mass is 16.6. The molecular weight excluding hydrogens is 360 g/mol. The fourth-order valence-electron chi connectivity index (χ4n) is 2.37. The summed E-state index contributed by atoms with van der Waals surface area (Å²) >= 11 is 0. The molecule has 1 N–H and O–H groups in total. The van der Waals surface area contributed by atoms with Crippen molar-refractivity contribution in [2.24, 2.45) is 0 Å². The number of benzene rings is 1. The number of nitrogens with one attached hydrogen (secondary N) is 1. The summed E-state index contributed by atoms with van der Waals surface area (Å²) in [7, 11) is 0. The monoisotopic (exact) mass is 388 g/mol. The lowest BCUT2D eigenvalue weighted by molar-refractivity contribution is 0.0514. The molecule has 0 unspecified atom stereocenters. The van der Waals surface area contributed by atoms with Gasteiger partial charge in [0.2, 0.25) is 0 Å². The number of carbonyl (C=O) groups is 2. The van der Waals surface area contributed by atoms with Gasteiger partial charge >= 0.3 is 12.2 Å². The Morgan fingerprint density at radius 2 is 1.89 bits per heavy atom. The minimum absolute atomic E-state index is 0.192. The molecule has 2 rings (SSSR count). The van der Waals surface area contributed by atoms with Crippen molar-refractivity contribution in [1.82, 2.24) is 20.0 Å². The van der Waals surface area contributed by atoms with E-state index in [0.29, 0.717) is 19.6 Å². The van der Waals surface area contributed by atoms with Crippen LogP contribution in [0.25, 0.3) is 0 Å². The van der Waals surface area contributed by atoms with Crippen molar-refractivity contribution in [3.05, 3.63) is 54.4 Å². The zero-order valence-corrected chi connectivity index (χ0v) is 16.6. The molecule has 152 valence electrons. The van der Waals surface area contributed by atoms with Gasteiger partial charge in [-0.3, -0.25) is 4.68 Å². The standard InChI is InChI=1S/C20H28N4O4/c1-20(2,3)28-18(25)21-11-13-23(14-15-24-12-7-10-22-24)19(26)27-16-17-8-5-4-6-9-17/h4-10,12H,11,13-16H2,1-3H3,(H,21,25). The first-order chi connectivity index (χ1) is 13.3. The third-order valence-electron chi connectivity index (χ3n) is 3.67. The third-order valence-corrected chi connectivity index (χ3v) is 3.67.